The van der Waals surface area contributed by atoms with Crippen molar-refractivity contribution < 1.29 is 9.32 Å². The van der Waals surface area contributed by atoms with Crippen LogP contribution in [0, 0.1) is 6.57 Å². The van der Waals surface area contributed by atoms with E-state index < -0.39 is 0 Å². The average molecular weight is 422 g/mol. The van der Waals surface area contributed by atoms with Crippen LogP contribution in [0.3, 0.4) is 0 Å². The van der Waals surface area contributed by atoms with Crippen LogP contribution < -0.4 is 0 Å². The number of hydrogen-bond acceptors (Lipinski definition) is 4. The van der Waals surface area contributed by atoms with Crippen molar-refractivity contribution in [3.8, 4) is 11.4 Å². The van der Waals surface area contributed by atoms with Gasteiger partial charge in [-0.3, -0.25) is 4.79 Å². The average Bonchev–Trinajstić information content (AvgIpc) is 3.26. The predicted molar refractivity (Wildman–Crippen MR) is 116 cm³/mol. The number of amides is 1. The molecule has 1 saturated heterocycles. The second-order valence-corrected chi connectivity index (χ2v) is 7.32. The largest absolute Gasteiger partial charge is 0.356 e. The van der Waals surface area contributed by atoms with E-state index in [2.05, 4.69) is 15.0 Å². The lowest BCUT2D eigenvalue weighted by Gasteiger charge is -2.20. The van der Waals surface area contributed by atoms with Crippen LogP contribution >= 0.6 is 12.4 Å². The van der Waals surface area contributed by atoms with Crippen LogP contribution in [0.5, 0.6) is 0 Å². The first-order valence-electron chi connectivity index (χ1n) is 9.78. The Labute approximate surface area is 179 Å². The van der Waals surface area contributed by atoms with Gasteiger partial charge >= 0.3 is 0 Å². The second-order valence-electron chi connectivity index (χ2n) is 7.32. The van der Waals surface area contributed by atoms with Crippen LogP contribution in [0.4, 0.5) is 5.69 Å². The lowest BCUT2D eigenvalue weighted by molar-refractivity contribution is 0.0761. The highest BCUT2D eigenvalue weighted by molar-refractivity contribution is 6.00. The van der Waals surface area contributed by atoms with Gasteiger partial charge < -0.3 is 13.8 Å². The zero-order valence-electron chi connectivity index (χ0n) is 16.2. The third kappa shape index (κ3) is 3.40. The fraction of sp³-hybridized carbons (Fsp3) is 0.273. The van der Waals surface area contributed by atoms with E-state index in [1.54, 1.807) is 30.6 Å². The summed E-state index contributed by atoms with van der Waals surface area (Å²) in [6.45, 7) is 8.85. The molecule has 30 heavy (non-hydrogen) atoms. The van der Waals surface area contributed by atoms with Crippen molar-refractivity contribution >= 4 is 40.6 Å². The first-order valence-corrected chi connectivity index (χ1v) is 9.78. The molecule has 1 fully saturated rings. The SMILES string of the molecule is Cl.[C-]#[N+]c1ccc2ncc(-c3noc4cc(C(=O)N5CCCCCC5)ccc34)n2c1. The molecule has 0 atom stereocenters. The molecule has 4 heterocycles. The molecule has 0 saturated carbocycles. The molecule has 5 rings (SSSR count). The standard InChI is InChI=1S/C22H19N5O2.ClH/c1-23-16-7-9-20-24-13-18(27(20)14-16)21-17-8-6-15(12-19(17)29-25-21)22(28)26-10-4-2-3-5-11-26;/h6-9,12-14H,2-5,10-11H2;1H. The molecular formula is C22H20ClN5O2. The molecule has 7 nitrogen and oxygen atoms in total. The Hall–Kier alpha value is -3.37. The molecule has 0 bridgehead atoms. The molecule has 1 aromatic carbocycles. The van der Waals surface area contributed by atoms with Crippen molar-refractivity contribution in [2.45, 2.75) is 25.7 Å². The predicted octanol–water partition coefficient (Wildman–Crippen LogP) is 5.13. The van der Waals surface area contributed by atoms with Crippen molar-refractivity contribution in [2.24, 2.45) is 0 Å². The molecular weight excluding hydrogens is 402 g/mol. The maximum atomic E-state index is 12.9. The molecule has 4 aromatic rings. The Morgan fingerprint density at radius 3 is 2.67 bits per heavy atom. The number of benzene rings is 1. The van der Waals surface area contributed by atoms with Crippen LogP contribution in [0.25, 0.3) is 32.8 Å². The van der Waals surface area contributed by atoms with Crippen LogP contribution in [0.15, 0.2) is 47.2 Å². The molecule has 152 valence electrons. The van der Waals surface area contributed by atoms with Crippen molar-refractivity contribution in [1.82, 2.24) is 19.4 Å². The van der Waals surface area contributed by atoms with Gasteiger partial charge in [0.15, 0.2) is 5.58 Å². The van der Waals surface area contributed by atoms with E-state index in [1.165, 1.54) is 12.8 Å². The van der Waals surface area contributed by atoms with E-state index in [4.69, 9.17) is 11.1 Å². The highest BCUT2D eigenvalue weighted by Gasteiger charge is 2.20. The molecule has 0 spiro atoms. The second kappa shape index (κ2) is 8.17. The summed E-state index contributed by atoms with van der Waals surface area (Å²) < 4.78 is 7.39. The van der Waals surface area contributed by atoms with Crippen LogP contribution in [0.2, 0.25) is 0 Å². The van der Waals surface area contributed by atoms with E-state index >= 15 is 0 Å². The number of nitrogens with zero attached hydrogens (tertiary/aromatic N) is 5. The topological polar surface area (TPSA) is 68.0 Å². The Kier molecular flexibility index (Phi) is 5.42. The lowest BCUT2D eigenvalue weighted by atomic mass is 10.1. The summed E-state index contributed by atoms with van der Waals surface area (Å²) in [5.74, 6) is 0.0447. The van der Waals surface area contributed by atoms with Gasteiger partial charge in [0.25, 0.3) is 5.91 Å². The number of carbonyl (C=O) groups excluding carboxylic acids is 1. The van der Waals surface area contributed by atoms with Gasteiger partial charge in [0.2, 0.25) is 5.69 Å². The van der Waals surface area contributed by atoms with Crippen molar-refractivity contribution in [3.05, 3.63) is 59.7 Å². The minimum absolute atomic E-state index is 0. The number of aromatic nitrogens is 3. The number of hydrogen-bond donors (Lipinski definition) is 0. The van der Waals surface area contributed by atoms with E-state index in [0.29, 0.717) is 22.5 Å². The first-order chi connectivity index (χ1) is 14.2. The Morgan fingerprint density at radius 2 is 1.90 bits per heavy atom. The van der Waals surface area contributed by atoms with Crippen molar-refractivity contribution in [3.63, 3.8) is 0 Å². The normalized spacial score (nSPS) is 14.3. The fourth-order valence-corrected chi connectivity index (χ4v) is 3.92. The summed E-state index contributed by atoms with van der Waals surface area (Å²) in [6, 6.07) is 9.03. The summed E-state index contributed by atoms with van der Waals surface area (Å²) >= 11 is 0. The maximum absolute atomic E-state index is 12.9. The highest BCUT2D eigenvalue weighted by Crippen LogP contribution is 2.30. The van der Waals surface area contributed by atoms with Gasteiger partial charge in [0.05, 0.1) is 23.8 Å². The first kappa shape index (κ1) is 19.9. The van der Waals surface area contributed by atoms with E-state index in [9.17, 15) is 4.79 Å². The summed E-state index contributed by atoms with van der Waals surface area (Å²) in [4.78, 5) is 22.7. The van der Waals surface area contributed by atoms with Crippen LogP contribution in [-0.4, -0.2) is 38.4 Å². The Balaban J connectivity index is 0.00000218. The van der Waals surface area contributed by atoms with Gasteiger partial charge in [0, 0.05) is 24.8 Å². The number of rotatable bonds is 2. The van der Waals surface area contributed by atoms with Gasteiger partial charge in [0.1, 0.15) is 11.3 Å². The minimum atomic E-state index is 0. The number of fused-ring (bicyclic) bond motifs is 2. The van der Waals surface area contributed by atoms with Gasteiger partial charge in [-0.1, -0.05) is 24.1 Å². The molecule has 3 aromatic heterocycles. The van der Waals surface area contributed by atoms with Crippen LogP contribution in [0.1, 0.15) is 36.0 Å². The van der Waals surface area contributed by atoms with Gasteiger partial charge in [-0.15, -0.1) is 12.4 Å². The van der Waals surface area contributed by atoms with E-state index in [-0.39, 0.29) is 18.3 Å². The van der Waals surface area contributed by atoms with Crippen molar-refractivity contribution in [1.29, 1.82) is 0 Å². The number of imidazole rings is 1. The molecule has 1 amide bonds. The molecule has 0 aliphatic carbocycles. The molecule has 1 aliphatic rings. The number of carbonyl (C=O) groups is 1. The fourth-order valence-electron chi connectivity index (χ4n) is 3.92. The van der Waals surface area contributed by atoms with Gasteiger partial charge in [-0.2, -0.15) is 0 Å². The number of halogens is 1. The third-order valence-corrected chi connectivity index (χ3v) is 5.47. The number of likely N-dealkylation sites (tertiary alicyclic amines) is 1. The summed E-state index contributed by atoms with van der Waals surface area (Å²) in [5, 5.41) is 5.05. The monoisotopic (exact) mass is 421 g/mol. The van der Waals surface area contributed by atoms with E-state index in [1.807, 2.05) is 21.4 Å². The third-order valence-electron chi connectivity index (χ3n) is 5.47. The Bertz CT molecular complexity index is 1260. The smallest absolute Gasteiger partial charge is 0.253 e. The molecule has 0 unspecified atom stereocenters. The van der Waals surface area contributed by atoms with Gasteiger partial charge in [-0.05, 0) is 37.1 Å². The molecule has 0 radical (unpaired) electrons. The van der Waals surface area contributed by atoms with Crippen molar-refractivity contribution in [2.75, 3.05) is 13.1 Å². The number of pyridine rings is 1. The zero-order valence-corrected chi connectivity index (χ0v) is 17.1. The minimum Gasteiger partial charge on any atom is -0.356 e. The summed E-state index contributed by atoms with van der Waals surface area (Å²) in [7, 11) is 0. The van der Waals surface area contributed by atoms with Gasteiger partial charge in [-0.25, -0.2) is 9.83 Å². The highest BCUT2D eigenvalue weighted by atomic mass is 35.5. The lowest BCUT2D eigenvalue weighted by Crippen LogP contribution is -2.31. The quantitative estimate of drug-likeness (QED) is 0.421. The van der Waals surface area contributed by atoms with Crippen LogP contribution in [-0.2, 0) is 0 Å². The summed E-state index contributed by atoms with van der Waals surface area (Å²) in [5.41, 5.74) is 3.83. The molecule has 8 heteroatoms. The molecule has 0 N–H and O–H groups in total. The maximum Gasteiger partial charge on any atom is 0.253 e. The molecule has 1 aliphatic heterocycles. The summed E-state index contributed by atoms with van der Waals surface area (Å²) in [6.07, 6.45) is 7.94. The zero-order chi connectivity index (χ0) is 19.8. The van der Waals surface area contributed by atoms with E-state index in [0.717, 1.165) is 42.7 Å². The Morgan fingerprint density at radius 1 is 1.10 bits per heavy atom.